The quantitative estimate of drug-likeness (QED) is 0.374. The van der Waals surface area contributed by atoms with E-state index in [1.54, 1.807) is 0 Å². The van der Waals surface area contributed by atoms with Crippen LogP contribution in [0.2, 0.25) is 0 Å². The third-order valence-electron chi connectivity index (χ3n) is 6.94. The van der Waals surface area contributed by atoms with Gasteiger partial charge in [-0.3, -0.25) is 4.67 Å². The van der Waals surface area contributed by atoms with Crippen molar-refractivity contribution in [3.63, 3.8) is 0 Å². The molecule has 36 heavy (non-hydrogen) atoms. The van der Waals surface area contributed by atoms with Gasteiger partial charge >= 0.3 is 0 Å². The van der Waals surface area contributed by atoms with E-state index in [0.717, 1.165) is 23.9 Å². The first-order chi connectivity index (χ1) is 16.0. The molecular formula is C33H54NOP. The molecule has 2 rings (SSSR count). The van der Waals surface area contributed by atoms with E-state index in [-0.39, 0.29) is 21.7 Å². The van der Waals surface area contributed by atoms with Crippen molar-refractivity contribution < 1.29 is 4.52 Å². The summed E-state index contributed by atoms with van der Waals surface area (Å²) in [6.45, 7) is 34.7. The molecule has 0 amide bonds. The van der Waals surface area contributed by atoms with Crippen LogP contribution in [0.15, 0.2) is 36.1 Å². The van der Waals surface area contributed by atoms with Crippen molar-refractivity contribution in [2.24, 2.45) is 10.8 Å². The normalized spacial score (nSPS) is 19.4. The first kappa shape index (κ1) is 30.9. The fourth-order valence-electron chi connectivity index (χ4n) is 4.82. The average Bonchev–Trinajstić information content (AvgIpc) is 2.78. The first-order valence-corrected chi connectivity index (χ1v) is 14.9. The maximum atomic E-state index is 6.68. The molecule has 3 heteroatoms. The fraction of sp³-hybridized carbons (Fsp3) is 0.636. The number of rotatable bonds is 3. The lowest BCUT2D eigenvalue weighted by Gasteiger charge is -2.32. The topological polar surface area (TPSA) is 12.5 Å². The SMILES string of the molecule is C=C1OP(N(C)C)Cc2c(C(C)(C)C)cc(C(C)(C)C)c(C)c2/C1=C/C(=CCC(C)(C)C)C(C)(C)C. The Morgan fingerprint density at radius 3 is 1.89 bits per heavy atom. The van der Waals surface area contributed by atoms with E-state index >= 15 is 0 Å². The van der Waals surface area contributed by atoms with Gasteiger partial charge in [-0.1, -0.05) is 102 Å². The van der Waals surface area contributed by atoms with E-state index in [2.05, 4.69) is 134 Å². The van der Waals surface area contributed by atoms with Gasteiger partial charge in [0.15, 0.2) is 8.30 Å². The molecule has 1 aromatic rings. The molecule has 0 N–H and O–H groups in total. The maximum Gasteiger partial charge on any atom is 0.167 e. The molecule has 0 saturated heterocycles. The Balaban J connectivity index is 3.06. The second kappa shape index (κ2) is 10.4. The third-order valence-corrected chi connectivity index (χ3v) is 8.85. The van der Waals surface area contributed by atoms with Crippen LogP contribution in [0.5, 0.6) is 0 Å². The lowest BCUT2D eigenvalue weighted by molar-refractivity contribution is 0.414. The minimum absolute atomic E-state index is 0.0136. The summed E-state index contributed by atoms with van der Waals surface area (Å²) in [7, 11) is 3.43. The molecule has 0 aromatic heterocycles. The second-order valence-electron chi connectivity index (χ2n) is 15.1. The first-order valence-electron chi connectivity index (χ1n) is 13.5. The third kappa shape index (κ3) is 7.35. The van der Waals surface area contributed by atoms with Crippen LogP contribution < -0.4 is 0 Å². The zero-order valence-corrected chi connectivity index (χ0v) is 27.1. The van der Waals surface area contributed by atoms with Gasteiger partial charge in [0.25, 0.3) is 0 Å². The number of hydrogen-bond donors (Lipinski definition) is 0. The number of nitrogens with zero attached hydrogens (tertiary/aromatic N) is 1. The molecule has 0 spiro atoms. The van der Waals surface area contributed by atoms with Crippen LogP contribution in [0, 0.1) is 17.8 Å². The Morgan fingerprint density at radius 2 is 1.47 bits per heavy atom. The Hall–Kier alpha value is -1.37. The van der Waals surface area contributed by atoms with Crippen LogP contribution in [0.1, 0.15) is 117 Å². The van der Waals surface area contributed by atoms with Crippen LogP contribution in [-0.4, -0.2) is 18.8 Å². The summed E-state index contributed by atoms with van der Waals surface area (Å²) >= 11 is 0. The standard InChI is InChI=1S/C33H54NOP/c1-22-27(32(9,10)11)20-28(33(12,13)14)26-21-36(34(15)16)35-23(2)25(29(22)26)19-24(31(6,7)8)17-18-30(3,4)5/h17,19-20H,2,18,21H2,1,3-16H3/b24-17?,25-19+. The Bertz CT molecular complexity index is 1040. The van der Waals surface area contributed by atoms with Crippen molar-refractivity contribution in [1.82, 2.24) is 4.67 Å². The zero-order valence-electron chi connectivity index (χ0n) is 26.2. The molecule has 0 saturated carbocycles. The highest BCUT2D eigenvalue weighted by molar-refractivity contribution is 7.49. The van der Waals surface area contributed by atoms with E-state index in [1.807, 2.05) is 0 Å². The number of allylic oxidation sites excluding steroid dienone is 4. The average molecular weight is 512 g/mol. The van der Waals surface area contributed by atoms with Crippen LogP contribution in [0.4, 0.5) is 0 Å². The highest BCUT2D eigenvalue weighted by atomic mass is 31.2. The molecule has 202 valence electrons. The Labute approximate surface area is 225 Å². The highest BCUT2D eigenvalue weighted by Crippen LogP contribution is 2.55. The van der Waals surface area contributed by atoms with E-state index in [4.69, 9.17) is 4.52 Å². The molecule has 0 aliphatic carbocycles. The monoisotopic (exact) mass is 511 g/mol. The predicted octanol–water partition coefficient (Wildman–Crippen LogP) is 10.3. The fourth-order valence-corrected chi connectivity index (χ4v) is 6.29. The molecule has 2 nitrogen and oxygen atoms in total. The lowest BCUT2D eigenvalue weighted by atomic mass is 9.73. The Kier molecular flexibility index (Phi) is 8.93. The lowest BCUT2D eigenvalue weighted by Crippen LogP contribution is -2.22. The van der Waals surface area contributed by atoms with Gasteiger partial charge in [0.1, 0.15) is 5.76 Å². The molecule has 0 fully saturated rings. The summed E-state index contributed by atoms with van der Waals surface area (Å²) in [6.07, 6.45) is 6.77. The molecular weight excluding hydrogens is 457 g/mol. The predicted molar refractivity (Wildman–Crippen MR) is 163 cm³/mol. The van der Waals surface area contributed by atoms with Gasteiger partial charge < -0.3 is 4.52 Å². The van der Waals surface area contributed by atoms with E-state index in [1.165, 1.54) is 33.4 Å². The minimum atomic E-state index is -0.829. The molecule has 1 aliphatic heterocycles. The Morgan fingerprint density at radius 1 is 0.944 bits per heavy atom. The van der Waals surface area contributed by atoms with Gasteiger partial charge in [-0.2, -0.15) is 0 Å². The van der Waals surface area contributed by atoms with Crippen molar-refractivity contribution in [2.45, 2.75) is 113 Å². The summed E-state index contributed by atoms with van der Waals surface area (Å²) in [4.78, 5) is 0. The zero-order chi connectivity index (χ0) is 28.0. The van der Waals surface area contributed by atoms with Crippen molar-refractivity contribution >= 4 is 13.9 Å². The molecule has 1 heterocycles. The maximum absolute atomic E-state index is 6.68. The molecule has 1 unspecified atom stereocenters. The number of fused-ring (bicyclic) bond motifs is 1. The van der Waals surface area contributed by atoms with E-state index in [9.17, 15) is 0 Å². The minimum Gasteiger partial charge on any atom is -0.458 e. The van der Waals surface area contributed by atoms with Crippen LogP contribution in [-0.2, 0) is 21.5 Å². The van der Waals surface area contributed by atoms with E-state index in [0.29, 0.717) is 0 Å². The van der Waals surface area contributed by atoms with Crippen LogP contribution >= 0.6 is 8.30 Å². The van der Waals surface area contributed by atoms with Crippen molar-refractivity contribution in [3.8, 4) is 0 Å². The van der Waals surface area contributed by atoms with Gasteiger partial charge in [-0.15, -0.1) is 0 Å². The van der Waals surface area contributed by atoms with Crippen LogP contribution in [0.25, 0.3) is 5.57 Å². The molecule has 0 radical (unpaired) electrons. The van der Waals surface area contributed by atoms with Gasteiger partial charge in [0.2, 0.25) is 0 Å². The van der Waals surface area contributed by atoms with Crippen LogP contribution in [0.3, 0.4) is 0 Å². The van der Waals surface area contributed by atoms with Gasteiger partial charge in [0, 0.05) is 11.7 Å². The molecule has 0 bridgehead atoms. The number of benzene rings is 1. The summed E-state index contributed by atoms with van der Waals surface area (Å²) in [5.41, 5.74) is 9.80. The van der Waals surface area contributed by atoms with Crippen molar-refractivity contribution in [2.75, 3.05) is 14.1 Å². The summed E-state index contributed by atoms with van der Waals surface area (Å²) in [5, 5.41) is 0. The smallest absolute Gasteiger partial charge is 0.167 e. The summed E-state index contributed by atoms with van der Waals surface area (Å²) in [5.74, 6) is 0.800. The molecule has 1 aromatic carbocycles. The summed E-state index contributed by atoms with van der Waals surface area (Å²) < 4.78 is 8.92. The molecule has 1 aliphatic rings. The number of hydrogen-bond acceptors (Lipinski definition) is 2. The van der Waals surface area contributed by atoms with Crippen molar-refractivity contribution in [3.05, 3.63) is 63.9 Å². The summed E-state index contributed by atoms with van der Waals surface area (Å²) in [6, 6.07) is 2.49. The second-order valence-corrected chi connectivity index (χ2v) is 17.1. The highest BCUT2D eigenvalue weighted by Gasteiger charge is 2.35. The molecule has 1 atom stereocenters. The van der Waals surface area contributed by atoms with E-state index < -0.39 is 8.30 Å². The largest absolute Gasteiger partial charge is 0.458 e. The van der Waals surface area contributed by atoms with Gasteiger partial charge in [0.05, 0.1) is 0 Å². The van der Waals surface area contributed by atoms with Gasteiger partial charge in [-0.25, -0.2) is 0 Å². The van der Waals surface area contributed by atoms with Gasteiger partial charge in [-0.05, 0) is 88.6 Å². The van der Waals surface area contributed by atoms with Crippen molar-refractivity contribution in [1.29, 1.82) is 0 Å².